The molecular weight excluding hydrogens is 288 g/mol. The van der Waals surface area contributed by atoms with Crippen molar-refractivity contribution in [3.05, 3.63) is 23.2 Å². The molecule has 7 heteroatoms. The van der Waals surface area contributed by atoms with Crippen molar-refractivity contribution in [2.24, 2.45) is 5.92 Å². The van der Waals surface area contributed by atoms with Crippen molar-refractivity contribution in [1.29, 1.82) is 0 Å². The Morgan fingerprint density at radius 1 is 1.47 bits per heavy atom. The van der Waals surface area contributed by atoms with Crippen molar-refractivity contribution in [3.63, 3.8) is 0 Å². The Balaban J connectivity index is 2.28. The third-order valence-electron chi connectivity index (χ3n) is 3.35. The van der Waals surface area contributed by atoms with Crippen LogP contribution in [0.15, 0.2) is 23.1 Å². The maximum atomic E-state index is 12.5. The highest BCUT2D eigenvalue weighted by Crippen LogP contribution is 2.27. The number of halogens is 1. The van der Waals surface area contributed by atoms with Crippen molar-refractivity contribution >= 4 is 27.3 Å². The largest absolute Gasteiger partial charge is 0.398 e. The molecular formula is C12H17ClN2O3S. The van der Waals surface area contributed by atoms with Crippen molar-refractivity contribution < 1.29 is 13.5 Å². The van der Waals surface area contributed by atoms with Crippen molar-refractivity contribution in [2.75, 3.05) is 25.4 Å². The summed E-state index contributed by atoms with van der Waals surface area (Å²) in [5, 5.41) is 9.40. The number of nitrogens with zero attached hydrogens (tertiary/aromatic N) is 1. The van der Waals surface area contributed by atoms with Gasteiger partial charge < -0.3 is 10.8 Å². The molecule has 1 heterocycles. The summed E-state index contributed by atoms with van der Waals surface area (Å²) in [7, 11) is -3.56. The fraction of sp³-hybridized carbons (Fsp3) is 0.500. The Labute approximate surface area is 118 Å². The normalized spacial score (nSPS) is 21.5. The van der Waals surface area contributed by atoms with Crippen LogP contribution in [-0.2, 0) is 10.0 Å². The van der Waals surface area contributed by atoms with Crippen LogP contribution in [0.25, 0.3) is 0 Å². The van der Waals surface area contributed by atoms with E-state index in [0.717, 1.165) is 12.8 Å². The van der Waals surface area contributed by atoms with Gasteiger partial charge in [0.1, 0.15) is 0 Å². The van der Waals surface area contributed by atoms with Crippen LogP contribution in [0.5, 0.6) is 0 Å². The van der Waals surface area contributed by atoms with E-state index in [0.29, 0.717) is 18.8 Å². The van der Waals surface area contributed by atoms with E-state index in [-0.39, 0.29) is 22.4 Å². The molecule has 0 bridgehead atoms. The van der Waals surface area contributed by atoms with Gasteiger partial charge in [0.15, 0.2) is 0 Å². The van der Waals surface area contributed by atoms with Gasteiger partial charge in [-0.15, -0.1) is 0 Å². The van der Waals surface area contributed by atoms with Gasteiger partial charge in [-0.2, -0.15) is 4.31 Å². The van der Waals surface area contributed by atoms with Crippen LogP contribution in [0.1, 0.15) is 12.8 Å². The zero-order chi connectivity index (χ0) is 14.0. The van der Waals surface area contributed by atoms with Gasteiger partial charge in [0.25, 0.3) is 0 Å². The molecule has 1 saturated heterocycles. The molecule has 1 aromatic carbocycles. The Morgan fingerprint density at radius 3 is 2.84 bits per heavy atom. The number of nitrogens with two attached hydrogens (primary N) is 1. The second-order valence-corrected chi connectivity index (χ2v) is 7.08. The molecule has 1 atom stereocenters. The van der Waals surface area contributed by atoms with E-state index < -0.39 is 10.0 Å². The molecule has 0 saturated carbocycles. The zero-order valence-electron chi connectivity index (χ0n) is 10.4. The van der Waals surface area contributed by atoms with Gasteiger partial charge in [0, 0.05) is 19.7 Å². The molecule has 0 aromatic heterocycles. The molecule has 1 fully saturated rings. The van der Waals surface area contributed by atoms with Gasteiger partial charge in [0.2, 0.25) is 10.0 Å². The first kappa shape index (κ1) is 14.6. The molecule has 2 rings (SSSR count). The highest BCUT2D eigenvalue weighted by atomic mass is 35.5. The molecule has 0 aliphatic carbocycles. The first-order chi connectivity index (χ1) is 8.95. The maximum Gasteiger partial charge on any atom is 0.243 e. The highest BCUT2D eigenvalue weighted by molar-refractivity contribution is 7.89. The standard InChI is InChI=1S/C12H17ClN2O3S/c13-11-6-10(3-4-12(11)14)19(17,18)15-5-1-2-9(7-15)8-16/h3-4,6,9,16H,1-2,5,7-8,14H2. The Morgan fingerprint density at radius 2 is 2.21 bits per heavy atom. The number of hydrogen-bond donors (Lipinski definition) is 2. The Kier molecular flexibility index (Phi) is 4.35. The average Bonchev–Trinajstić information content (AvgIpc) is 2.41. The number of piperidine rings is 1. The number of aliphatic hydroxyl groups is 1. The number of anilines is 1. The zero-order valence-corrected chi connectivity index (χ0v) is 12.0. The summed E-state index contributed by atoms with van der Waals surface area (Å²) >= 11 is 5.87. The van der Waals surface area contributed by atoms with Gasteiger partial charge in [-0.1, -0.05) is 11.6 Å². The molecule has 0 radical (unpaired) electrons. The molecule has 1 unspecified atom stereocenters. The molecule has 0 amide bonds. The van der Waals surface area contributed by atoms with Crippen LogP contribution in [-0.4, -0.2) is 37.5 Å². The molecule has 3 N–H and O–H groups in total. The number of rotatable bonds is 3. The molecule has 106 valence electrons. The third kappa shape index (κ3) is 3.02. The van der Waals surface area contributed by atoms with Crippen LogP contribution in [0.2, 0.25) is 5.02 Å². The summed E-state index contributed by atoms with van der Waals surface area (Å²) in [6.45, 7) is 0.830. The molecule has 5 nitrogen and oxygen atoms in total. The van der Waals surface area contributed by atoms with Gasteiger partial charge in [-0.05, 0) is 37.0 Å². The van der Waals surface area contributed by atoms with Gasteiger partial charge in [-0.25, -0.2) is 8.42 Å². The number of benzene rings is 1. The first-order valence-electron chi connectivity index (χ1n) is 6.11. The summed E-state index contributed by atoms with van der Waals surface area (Å²) in [5.41, 5.74) is 5.93. The molecule has 1 aliphatic rings. The lowest BCUT2D eigenvalue weighted by Gasteiger charge is -2.31. The minimum absolute atomic E-state index is 0.00720. The third-order valence-corrected chi connectivity index (χ3v) is 5.54. The lowest BCUT2D eigenvalue weighted by molar-refractivity contribution is 0.165. The maximum absolute atomic E-state index is 12.5. The quantitative estimate of drug-likeness (QED) is 0.825. The minimum atomic E-state index is -3.56. The molecule has 19 heavy (non-hydrogen) atoms. The number of hydrogen-bond acceptors (Lipinski definition) is 4. The number of sulfonamides is 1. The first-order valence-corrected chi connectivity index (χ1v) is 7.93. The van der Waals surface area contributed by atoms with Gasteiger partial charge >= 0.3 is 0 Å². The molecule has 1 aliphatic heterocycles. The van der Waals surface area contributed by atoms with Gasteiger partial charge in [-0.3, -0.25) is 0 Å². The average molecular weight is 305 g/mol. The van der Waals surface area contributed by atoms with E-state index >= 15 is 0 Å². The predicted molar refractivity (Wildman–Crippen MR) is 74.4 cm³/mol. The summed E-state index contributed by atoms with van der Waals surface area (Å²) in [5.74, 6) is 0.00720. The number of nitrogen functional groups attached to an aromatic ring is 1. The van der Waals surface area contributed by atoms with E-state index in [1.807, 2.05) is 0 Å². The van der Waals surface area contributed by atoms with Crippen LogP contribution in [0.3, 0.4) is 0 Å². The molecule has 0 spiro atoms. The lowest BCUT2D eigenvalue weighted by atomic mass is 10.0. The van der Waals surface area contributed by atoms with E-state index in [1.54, 1.807) is 0 Å². The van der Waals surface area contributed by atoms with E-state index in [1.165, 1.54) is 22.5 Å². The fourth-order valence-corrected chi connectivity index (χ4v) is 4.04. The van der Waals surface area contributed by atoms with Gasteiger partial charge in [0.05, 0.1) is 15.6 Å². The van der Waals surface area contributed by atoms with Crippen LogP contribution >= 0.6 is 11.6 Å². The summed E-state index contributed by atoms with van der Waals surface area (Å²) in [6, 6.07) is 4.32. The fourth-order valence-electron chi connectivity index (χ4n) is 2.21. The van der Waals surface area contributed by atoms with Crippen molar-refractivity contribution in [3.8, 4) is 0 Å². The minimum Gasteiger partial charge on any atom is -0.398 e. The second-order valence-electron chi connectivity index (χ2n) is 4.74. The summed E-state index contributed by atoms with van der Waals surface area (Å²) in [6.07, 6.45) is 1.61. The van der Waals surface area contributed by atoms with E-state index in [2.05, 4.69) is 0 Å². The summed E-state index contributed by atoms with van der Waals surface area (Å²) in [4.78, 5) is 0.144. The van der Waals surface area contributed by atoms with Crippen molar-refractivity contribution in [1.82, 2.24) is 4.31 Å². The van der Waals surface area contributed by atoms with Crippen molar-refractivity contribution in [2.45, 2.75) is 17.7 Å². The Hall–Kier alpha value is -0.820. The SMILES string of the molecule is Nc1ccc(S(=O)(=O)N2CCCC(CO)C2)cc1Cl. The summed E-state index contributed by atoms with van der Waals surface area (Å²) < 4.78 is 26.3. The Bertz CT molecular complexity index is 562. The number of aliphatic hydroxyl groups excluding tert-OH is 1. The predicted octanol–water partition coefficient (Wildman–Crippen LogP) is 1.32. The monoisotopic (exact) mass is 304 g/mol. The van der Waals surface area contributed by atoms with Crippen LogP contribution < -0.4 is 5.73 Å². The van der Waals surface area contributed by atoms with Crippen LogP contribution in [0.4, 0.5) is 5.69 Å². The molecule has 1 aromatic rings. The van der Waals surface area contributed by atoms with E-state index in [4.69, 9.17) is 22.4 Å². The second kappa shape index (κ2) is 5.66. The van der Waals surface area contributed by atoms with E-state index in [9.17, 15) is 8.42 Å². The topological polar surface area (TPSA) is 83.6 Å². The lowest BCUT2D eigenvalue weighted by Crippen LogP contribution is -2.40. The van der Waals surface area contributed by atoms with Crippen LogP contribution in [0, 0.1) is 5.92 Å². The smallest absolute Gasteiger partial charge is 0.243 e. The highest BCUT2D eigenvalue weighted by Gasteiger charge is 2.30.